The lowest BCUT2D eigenvalue weighted by Gasteiger charge is -2.25. The van der Waals surface area contributed by atoms with E-state index >= 15 is 0 Å². The second-order valence-corrected chi connectivity index (χ2v) is 8.62. The summed E-state index contributed by atoms with van der Waals surface area (Å²) in [6.07, 6.45) is 0. The minimum absolute atomic E-state index is 0.0324. The monoisotopic (exact) mass is 479 g/mol. The molecule has 1 fully saturated rings. The summed E-state index contributed by atoms with van der Waals surface area (Å²) in [5.41, 5.74) is 9.73. The van der Waals surface area contributed by atoms with Gasteiger partial charge in [-0.2, -0.15) is 0 Å². The van der Waals surface area contributed by atoms with Crippen molar-refractivity contribution in [3.05, 3.63) is 65.5 Å². The summed E-state index contributed by atoms with van der Waals surface area (Å²) in [5, 5.41) is 13.4. The third kappa shape index (κ3) is 5.87. The van der Waals surface area contributed by atoms with Crippen molar-refractivity contribution in [1.29, 1.82) is 0 Å². The second kappa shape index (κ2) is 10.7. The molecule has 0 radical (unpaired) electrons. The molecule has 2 heterocycles. The third-order valence-corrected chi connectivity index (χ3v) is 6.07. The van der Waals surface area contributed by atoms with E-state index in [0.29, 0.717) is 48.0 Å². The molecular formula is C26H30FN5O3. The van der Waals surface area contributed by atoms with Gasteiger partial charge in [0.05, 0.1) is 31.1 Å². The van der Waals surface area contributed by atoms with Crippen LogP contribution in [-0.4, -0.2) is 60.8 Å². The lowest BCUT2D eigenvalue weighted by atomic mass is 10.1. The van der Waals surface area contributed by atoms with Gasteiger partial charge in [-0.25, -0.2) is 9.37 Å². The molecule has 1 aliphatic heterocycles. The van der Waals surface area contributed by atoms with E-state index in [1.54, 1.807) is 48.3 Å². The van der Waals surface area contributed by atoms with Crippen molar-refractivity contribution in [2.45, 2.75) is 13.5 Å². The zero-order valence-corrected chi connectivity index (χ0v) is 19.9. The van der Waals surface area contributed by atoms with Gasteiger partial charge >= 0.3 is 0 Å². The number of pyridine rings is 1. The minimum atomic E-state index is -0.329. The van der Waals surface area contributed by atoms with Crippen LogP contribution in [0.25, 0.3) is 11.3 Å². The van der Waals surface area contributed by atoms with E-state index in [4.69, 9.17) is 10.5 Å². The fourth-order valence-corrected chi connectivity index (χ4v) is 3.98. The van der Waals surface area contributed by atoms with Crippen LogP contribution in [-0.2, 0) is 16.1 Å². The van der Waals surface area contributed by atoms with Crippen LogP contribution in [0.4, 0.5) is 21.6 Å². The minimum Gasteiger partial charge on any atom is -0.507 e. The molecule has 0 bridgehead atoms. The van der Waals surface area contributed by atoms with Crippen molar-refractivity contribution in [2.75, 3.05) is 50.5 Å². The number of amides is 1. The summed E-state index contributed by atoms with van der Waals surface area (Å²) < 4.78 is 19.8. The molecule has 1 saturated heterocycles. The number of rotatable bonds is 7. The molecule has 35 heavy (non-hydrogen) atoms. The molecule has 2 aromatic carbocycles. The highest BCUT2D eigenvalue weighted by molar-refractivity contribution is 5.78. The molecular weight excluding hydrogens is 449 g/mol. The lowest BCUT2D eigenvalue weighted by molar-refractivity contribution is -0.123. The third-order valence-electron chi connectivity index (χ3n) is 6.07. The largest absolute Gasteiger partial charge is 0.507 e. The van der Waals surface area contributed by atoms with Gasteiger partial charge in [-0.3, -0.25) is 9.69 Å². The van der Waals surface area contributed by atoms with Crippen molar-refractivity contribution >= 4 is 23.1 Å². The number of nitrogen functional groups attached to an aromatic ring is 1. The molecule has 0 unspecified atom stereocenters. The quantitative estimate of drug-likeness (QED) is 0.478. The Kier molecular flexibility index (Phi) is 7.48. The number of morpholine rings is 1. The van der Waals surface area contributed by atoms with E-state index < -0.39 is 0 Å². The molecule has 0 aliphatic carbocycles. The van der Waals surface area contributed by atoms with Crippen LogP contribution < -0.4 is 16.0 Å². The first kappa shape index (κ1) is 24.4. The number of hydrogen-bond donors (Lipinski definition) is 3. The standard InChI is InChI=1S/C26H30FN5O3/c1-17-3-7-23(21(27)13-17)31(2)19-5-8-24(33)20(14-19)22-6-4-18(26(28)30-22)15-29-25(34)16-32-9-11-35-12-10-32/h3-8,13-14,33H,9-12,15-16H2,1-2H3,(H2,28,30)(H,29,34). The van der Waals surface area contributed by atoms with Gasteiger partial charge in [0, 0.05) is 43.5 Å². The van der Waals surface area contributed by atoms with E-state index in [9.17, 15) is 14.3 Å². The van der Waals surface area contributed by atoms with E-state index in [0.717, 1.165) is 18.7 Å². The van der Waals surface area contributed by atoms with Crippen molar-refractivity contribution in [3.63, 3.8) is 0 Å². The van der Waals surface area contributed by atoms with E-state index in [1.807, 2.05) is 17.9 Å². The van der Waals surface area contributed by atoms with Crippen LogP contribution >= 0.6 is 0 Å². The number of hydrogen-bond acceptors (Lipinski definition) is 7. The summed E-state index contributed by atoms with van der Waals surface area (Å²) in [4.78, 5) is 20.5. The average Bonchev–Trinajstić information content (AvgIpc) is 2.84. The molecule has 4 rings (SSSR count). The van der Waals surface area contributed by atoms with E-state index in [2.05, 4.69) is 10.3 Å². The number of nitrogens with two attached hydrogens (primary N) is 1. The summed E-state index contributed by atoms with van der Waals surface area (Å²) in [5.74, 6) is -0.126. The fraction of sp³-hybridized carbons (Fsp3) is 0.308. The van der Waals surface area contributed by atoms with E-state index in [1.165, 1.54) is 6.07 Å². The molecule has 0 atom stereocenters. The van der Waals surface area contributed by atoms with Crippen LogP contribution in [0.3, 0.4) is 0 Å². The molecule has 3 aromatic rings. The Hall–Kier alpha value is -3.69. The van der Waals surface area contributed by atoms with Gasteiger partial charge in [0.15, 0.2) is 0 Å². The first-order valence-corrected chi connectivity index (χ1v) is 11.5. The highest BCUT2D eigenvalue weighted by Gasteiger charge is 2.16. The molecule has 1 aliphatic rings. The maximum atomic E-state index is 14.5. The van der Waals surface area contributed by atoms with Crippen molar-refractivity contribution in [1.82, 2.24) is 15.2 Å². The summed E-state index contributed by atoms with van der Waals surface area (Å²) in [6.45, 7) is 5.14. The second-order valence-electron chi connectivity index (χ2n) is 8.62. The Bertz CT molecular complexity index is 1210. The zero-order valence-electron chi connectivity index (χ0n) is 19.9. The number of anilines is 3. The van der Waals surface area contributed by atoms with Crippen LogP contribution in [0.15, 0.2) is 48.5 Å². The number of phenolic OH excluding ortho intramolecular Hbond substituents is 1. The number of carbonyl (C=O) groups excluding carboxylic acids is 1. The number of nitrogens with zero attached hydrogens (tertiary/aromatic N) is 3. The Balaban J connectivity index is 1.48. The van der Waals surface area contributed by atoms with Crippen LogP contribution in [0.2, 0.25) is 0 Å². The van der Waals surface area contributed by atoms with Crippen LogP contribution in [0.1, 0.15) is 11.1 Å². The Labute approximate surface area is 204 Å². The maximum Gasteiger partial charge on any atom is 0.234 e. The van der Waals surface area contributed by atoms with Gasteiger partial charge in [-0.05, 0) is 48.9 Å². The predicted octanol–water partition coefficient (Wildman–Crippen LogP) is 3.20. The number of nitrogens with one attached hydrogen (secondary N) is 1. The first-order chi connectivity index (χ1) is 16.8. The van der Waals surface area contributed by atoms with Gasteiger partial charge in [-0.15, -0.1) is 0 Å². The Morgan fingerprint density at radius 1 is 1.20 bits per heavy atom. The molecule has 4 N–H and O–H groups in total. The number of halogens is 1. The topological polar surface area (TPSA) is 104 Å². The molecule has 8 nitrogen and oxygen atoms in total. The van der Waals surface area contributed by atoms with Gasteiger partial charge < -0.3 is 25.8 Å². The molecule has 1 aromatic heterocycles. The van der Waals surface area contributed by atoms with Crippen molar-refractivity contribution in [3.8, 4) is 17.0 Å². The fourth-order valence-electron chi connectivity index (χ4n) is 3.98. The Morgan fingerprint density at radius 2 is 1.97 bits per heavy atom. The molecule has 1 amide bonds. The predicted molar refractivity (Wildman–Crippen MR) is 134 cm³/mol. The molecule has 0 spiro atoms. The summed E-state index contributed by atoms with van der Waals surface area (Å²) in [6, 6.07) is 13.6. The van der Waals surface area contributed by atoms with Crippen LogP contribution in [0, 0.1) is 12.7 Å². The smallest absolute Gasteiger partial charge is 0.234 e. The number of aryl methyl sites for hydroxylation is 1. The molecule has 9 heteroatoms. The van der Waals surface area contributed by atoms with Crippen molar-refractivity contribution in [2.24, 2.45) is 0 Å². The zero-order chi connectivity index (χ0) is 24.9. The highest BCUT2D eigenvalue weighted by Crippen LogP contribution is 2.35. The number of aromatic hydroxyl groups is 1. The Morgan fingerprint density at radius 3 is 2.69 bits per heavy atom. The first-order valence-electron chi connectivity index (χ1n) is 11.5. The lowest BCUT2D eigenvalue weighted by Crippen LogP contribution is -2.43. The molecule has 184 valence electrons. The number of carbonyl (C=O) groups is 1. The van der Waals surface area contributed by atoms with Gasteiger partial charge in [-0.1, -0.05) is 12.1 Å². The van der Waals surface area contributed by atoms with Crippen molar-refractivity contribution < 1.29 is 19.0 Å². The van der Waals surface area contributed by atoms with Crippen LogP contribution in [0.5, 0.6) is 5.75 Å². The molecule has 0 saturated carbocycles. The SMILES string of the molecule is Cc1ccc(N(C)c2ccc(O)c(-c3ccc(CNC(=O)CN4CCOCC4)c(N)n3)c2)c(F)c1. The van der Waals surface area contributed by atoms with Gasteiger partial charge in [0.2, 0.25) is 5.91 Å². The number of phenols is 1. The number of benzene rings is 2. The number of ether oxygens (including phenoxy) is 1. The van der Waals surface area contributed by atoms with E-state index in [-0.39, 0.29) is 29.8 Å². The van der Waals surface area contributed by atoms with Gasteiger partial charge in [0.25, 0.3) is 0 Å². The average molecular weight is 480 g/mol. The highest BCUT2D eigenvalue weighted by atomic mass is 19.1. The van der Waals surface area contributed by atoms with Gasteiger partial charge in [0.1, 0.15) is 17.4 Å². The summed E-state index contributed by atoms with van der Waals surface area (Å²) >= 11 is 0. The number of aromatic nitrogens is 1. The maximum absolute atomic E-state index is 14.5. The summed E-state index contributed by atoms with van der Waals surface area (Å²) in [7, 11) is 1.76. The normalized spacial score (nSPS) is 14.0.